The SMILES string of the molecule is COCCOCCOCCOCCOCCOCCOCCOCCOCCOCCOCCO. The highest BCUT2D eigenvalue weighted by molar-refractivity contribution is 4.38. The van der Waals surface area contributed by atoms with Gasteiger partial charge in [-0.25, -0.2) is 0 Å². The van der Waals surface area contributed by atoms with Gasteiger partial charge in [-0.05, 0) is 0 Å². The van der Waals surface area contributed by atoms with Crippen LogP contribution in [-0.2, 0) is 52.1 Å². The second-order valence-corrected chi connectivity index (χ2v) is 6.84. The van der Waals surface area contributed by atoms with Gasteiger partial charge >= 0.3 is 0 Å². The molecule has 0 bridgehead atoms. The Morgan fingerprint density at radius 2 is 0.457 bits per heavy atom. The third kappa shape index (κ3) is 33.5. The Bertz CT molecular complexity index is 333. The van der Waals surface area contributed by atoms with Crippen LogP contribution in [0, 0.1) is 0 Å². The summed E-state index contributed by atoms with van der Waals surface area (Å²) in [5.74, 6) is 0. The summed E-state index contributed by atoms with van der Waals surface area (Å²) in [5, 5.41) is 8.55. The van der Waals surface area contributed by atoms with Gasteiger partial charge in [0.1, 0.15) is 0 Å². The quantitative estimate of drug-likeness (QED) is 0.119. The number of methoxy groups -OCH3 is 1. The standard InChI is InChI=1S/C23H48O12/c1-25-4-5-27-8-9-29-12-13-31-16-17-33-20-21-35-23-22-34-19-18-32-15-14-30-11-10-28-7-6-26-3-2-24/h24H,2-23H2,1H3. The molecule has 0 aromatic rings. The third-order valence-electron chi connectivity index (χ3n) is 4.02. The maximum atomic E-state index is 8.55. The Morgan fingerprint density at radius 3 is 0.629 bits per heavy atom. The molecule has 12 heteroatoms. The molecule has 1 N–H and O–H groups in total. The van der Waals surface area contributed by atoms with Crippen molar-refractivity contribution in [2.24, 2.45) is 0 Å². The van der Waals surface area contributed by atoms with Crippen LogP contribution in [0.5, 0.6) is 0 Å². The van der Waals surface area contributed by atoms with Crippen molar-refractivity contribution in [3.8, 4) is 0 Å². The second-order valence-electron chi connectivity index (χ2n) is 6.84. The van der Waals surface area contributed by atoms with Gasteiger partial charge in [0.15, 0.2) is 0 Å². The van der Waals surface area contributed by atoms with Crippen LogP contribution < -0.4 is 0 Å². The summed E-state index contributed by atoms with van der Waals surface area (Å²) in [7, 11) is 1.64. The Labute approximate surface area is 210 Å². The van der Waals surface area contributed by atoms with Gasteiger partial charge in [0.2, 0.25) is 0 Å². The van der Waals surface area contributed by atoms with Crippen LogP contribution in [0.25, 0.3) is 0 Å². The van der Waals surface area contributed by atoms with Crippen molar-refractivity contribution < 1.29 is 57.2 Å². The first-order valence-electron chi connectivity index (χ1n) is 12.3. The highest BCUT2D eigenvalue weighted by Gasteiger charge is 1.95. The summed E-state index contributed by atoms with van der Waals surface area (Å²) in [5.41, 5.74) is 0. The Morgan fingerprint density at radius 1 is 0.286 bits per heavy atom. The molecular formula is C23H48O12. The molecule has 0 amide bonds. The van der Waals surface area contributed by atoms with Crippen molar-refractivity contribution in [1.82, 2.24) is 0 Å². The maximum Gasteiger partial charge on any atom is 0.0701 e. The van der Waals surface area contributed by atoms with Gasteiger partial charge in [-0.15, -0.1) is 0 Å². The summed E-state index contributed by atoms with van der Waals surface area (Å²) in [6, 6.07) is 0. The van der Waals surface area contributed by atoms with Crippen LogP contribution in [-0.4, -0.2) is 158 Å². The van der Waals surface area contributed by atoms with Gasteiger partial charge in [0.05, 0.1) is 145 Å². The fourth-order valence-corrected chi connectivity index (χ4v) is 2.29. The molecule has 212 valence electrons. The molecule has 0 aliphatic carbocycles. The molecule has 0 aliphatic rings. The molecule has 0 radical (unpaired) electrons. The summed E-state index contributed by atoms with van der Waals surface area (Å²) in [6.07, 6.45) is 0. The summed E-state index contributed by atoms with van der Waals surface area (Å²) in [4.78, 5) is 0. The lowest BCUT2D eigenvalue weighted by Gasteiger charge is -2.09. The number of hydrogen-bond donors (Lipinski definition) is 1. The predicted molar refractivity (Wildman–Crippen MR) is 127 cm³/mol. The molecule has 0 aromatic carbocycles. The second kappa shape index (κ2) is 33.5. The lowest BCUT2D eigenvalue weighted by Crippen LogP contribution is -2.15. The van der Waals surface area contributed by atoms with Crippen molar-refractivity contribution in [3.63, 3.8) is 0 Å². The van der Waals surface area contributed by atoms with Gasteiger partial charge < -0.3 is 57.2 Å². The first-order valence-corrected chi connectivity index (χ1v) is 12.3. The van der Waals surface area contributed by atoms with E-state index in [-0.39, 0.29) is 6.61 Å². The molecule has 0 rings (SSSR count). The fraction of sp³-hybridized carbons (Fsp3) is 1.00. The average Bonchev–Trinajstić information content (AvgIpc) is 2.87. The highest BCUT2D eigenvalue weighted by Crippen LogP contribution is 1.86. The zero-order valence-corrected chi connectivity index (χ0v) is 21.5. The molecule has 0 saturated carbocycles. The molecule has 0 saturated heterocycles. The zero-order valence-electron chi connectivity index (χ0n) is 21.5. The number of aliphatic hydroxyl groups is 1. The van der Waals surface area contributed by atoms with Crippen molar-refractivity contribution in [2.75, 3.05) is 152 Å². The lowest BCUT2D eigenvalue weighted by atomic mass is 10.6. The monoisotopic (exact) mass is 516 g/mol. The lowest BCUT2D eigenvalue weighted by molar-refractivity contribution is -0.0274. The van der Waals surface area contributed by atoms with E-state index in [4.69, 9.17) is 57.2 Å². The van der Waals surface area contributed by atoms with Crippen LogP contribution in [0.4, 0.5) is 0 Å². The smallest absolute Gasteiger partial charge is 0.0701 e. The van der Waals surface area contributed by atoms with Gasteiger partial charge in [0.25, 0.3) is 0 Å². The third-order valence-corrected chi connectivity index (χ3v) is 4.02. The van der Waals surface area contributed by atoms with E-state index in [1.807, 2.05) is 0 Å². The van der Waals surface area contributed by atoms with Gasteiger partial charge in [0, 0.05) is 7.11 Å². The molecule has 0 heterocycles. The molecule has 0 fully saturated rings. The summed E-state index contributed by atoms with van der Waals surface area (Å²) >= 11 is 0. The minimum atomic E-state index is 0.0283. The van der Waals surface area contributed by atoms with E-state index in [9.17, 15) is 0 Å². The molecule has 12 nitrogen and oxygen atoms in total. The van der Waals surface area contributed by atoms with E-state index < -0.39 is 0 Å². The van der Waals surface area contributed by atoms with Crippen LogP contribution in [0.2, 0.25) is 0 Å². The normalized spacial score (nSPS) is 11.5. The number of hydrogen-bond acceptors (Lipinski definition) is 12. The zero-order chi connectivity index (χ0) is 25.3. The molecular weight excluding hydrogens is 468 g/mol. The predicted octanol–water partition coefficient (Wildman–Crippen LogP) is -0.209. The highest BCUT2D eigenvalue weighted by atomic mass is 16.6. The van der Waals surface area contributed by atoms with Gasteiger partial charge in [-0.2, -0.15) is 0 Å². The van der Waals surface area contributed by atoms with Crippen LogP contribution >= 0.6 is 0 Å². The van der Waals surface area contributed by atoms with Gasteiger partial charge in [-0.1, -0.05) is 0 Å². The van der Waals surface area contributed by atoms with E-state index in [0.717, 1.165) is 0 Å². The Kier molecular flexibility index (Phi) is 33.1. The average molecular weight is 517 g/mol. The largest absolute Gasteiger partial charge is 0.394 e. The number of ether oxygens (including phenoxy) is 11. The fourth-order valence-electron chi connectivity index (χ4n) is 2.29. The van der Waals surface area contributed by atoms with Crippen molar-refractivity contribution in [2.45, 2.75) is 0 Å². The molecule has 0 unspecified atom stereocenters. The number of aliphatic hydroxyl groups excluding tert-OH is 1. The molecule has 35 heavy (non-hydrogen) atoms. The molecule has 0 aliphatic heterocycles. The minimum absolute atomic E-state index is 0.0283. The van der Waals surface area contributed by atoms with Crippen molar-refractivity contribution in [3.05, 3.63) is 0 Å². The van der Waals surface area contributed by atoms with Crippen LogP contribution in [0.15, 0.2) is 0 Å². The van der Waals surface area contributed by atoms with E-state index >= 15 is 0 Å². The van der Waals surface area contributed by atoms with Gasteiger partial charge in [-0.3, -0.25) is 0 Å². The first kappa shape index (κ1) is 34.5. The Hall–Kier alpha value is -0.480. The van der Waals surface area contributed by atoms with E-state index in [0.29, 0.717) is 139 Å². The summed E-state index contributed by atoms with van der Waals surface area (Å²) in [6.45, 7) is 10.9. The number of rotatable bonds is 32. The molecule has 0 spiro atoms. The van der Waals surface area contributed by atoms with E-state index in [1.54, 1.807) is 7.11 Å². The van der Waals surface area contributed by atoms with Crippen molar-refractivity contribution >= 4 is 0 Å². The van der Waals surface area contributed by atoms with Crippen LogP contribution in [0.1, 0.15) is 0 Å². The maximum absolute atomic E-state index is 8.55. The minimum Gasteiger partial charge on any atom is -0.394 e. The van der Waals surface area contributed by atoms with E-state index in [1.165, 1.54) is 0 Å². The van der Waals surface area contributed by atoms with Crippen LogP contribution in [0.3, 0.4) is 0 Å². The Balaban J connectivity index is 3.00. The topological polar surface area (TPSA) is 122 Å². The molecule has 0 atom stereocenters. The van der Waals surface area contributed by atoms with E-state index in [2.05, 4.69) is 0 Å². The molecule has 0 aromatic heterocycles. The van der Waals surface area contributed by atoms with Crippen molar-refractivity contribution in [1.29, 1.82) is 0 Å². The summed E-state index contributed by atoms with van der Waals surface area (Å²) < 4.78 is 58.4. The first-order chi connectivity index (χ1) is 17.4.